The molecular formula is C12H12O2S. The minimum atomic E-state index is -0.886. The summed E-state index contributed by atoms with van der Waals surface area (Å²) in [4.78, 5) is 11.7. The van der Waals surface area contributed by atoms with Crippen LogP contribution < -0.4 is 0 Å². The summed E-state index contributed by atoms with van der Waals surface area (Å²) in [7, 11) is 0. The molecule has 0 radical (unpaired) electrons. The van der Waals surface area contributed by atoms with Crippen LogP contribution >= 0.6 is 11.8 Å². The van der Waals surface area contributed by atoms with Gasteiger partial charge in [0, 0.05) is 17.1 Å². The van der Waals surface area contributed by atoms with Gasteiger partial charge in [0.15, 0.2) is 0 Å². The maximum absolute atomic E-state index is 10.6. The molecule has 0 fully saturated rings. The van der Waals surface area contributed by atoms with E-state index in [0.29, 0.717) is 5.56 Å². The van der Waals surface area contributed by atoms with Crippen molar-refractivity contribution < 1.29 is 9.90 Å². The molecular weight excluding hydrogens is 208 g/mol. The van der Waals surface area contributed by atoms with E-state index in [1.807, 2.05) is 19.1 Å². The number of carboxylic acids is 1. The second kappa shape index (κ2) is 6.15. The minimum absolute atomic E-state index is 0.327. The Bertz CT molecular complexity index is 384. The molecule has 0 spiro atoms. The van der Waals surface area contributed by atoms with Gasteiger partial charge in [0.1, 0.15) is 0 Å². The van der Waals surface area contributed by atoms with Gasteiger partial charge in [-0.1, -0.05) is 0 Å². The van der Waals surface area contributed by atoms with Gasteiger partial charge in [0.2, 0.25) is 0 Å². The van der Waals surface area contributed by atoms with Gasteiger partial charge in [-0.2, -0.15) is 0 Å². The second-order valence-corrected chi connectivity index (χ2v) is 4.02. The largest absolute Gasteiger partial charge is 0.478 e. The molecule has 0 aliphatic carbocycles. The van der Waals surface area contributed by atoms with Crippen molar-refractivity contribution in [3.8, 4) is 11.8 Å². The number of benzene rings is 1. The Morgan fingerprint density at radius 1 is 1.40 bits per heavy atom. The van der Waals surface area contributed by atoms with Crippen LogP contribution in [0.15, 0.2) is 29.2 Å². The first kappa shape index (κ1) is 11.7. The maximum atomic E-state index is 10.6. The first-order valence-corrected chi connectivity index (χ1v) is 5.58. The average Bonchev–Trinajstić information content (AvgIpc) is 2.25. The topological polar surface area (TPSA) is 37.3 Å². The predicted molar refractivity (Wildman–Crippen MR) is 62.2 cm³/mol. The van der Waals surface area contributed by atoms with Crippen LogP contribution in [0.5, 0.6) is 0 Å². The van der Waals surface area contributed by atoms with E-state index >= 15 is 0 Å². The number of aromatic carboxylic acids is 1. The Kier molecular flexibility index (Phi) is 4.79. The van der Waals surface area contributed by atoms with E-state index in [1.54, 1.807) is 23.9 Å². The summed E-state index contributed by atoms with van der Waals surface area (Å²) in [5, 5.41) is 8.70. The molecule has 1 N–H and O–H groups in total. The molecule has 0 heterocycles. The van der Waals surface area contributed by atoms with Crippen LogP contribution in [0.4, 0.5) is 0 Å². The van der Waals surface area contributed by atoms with Crippen molar-refractivity contribution in [3.05, 3.63) is 29.8 Å². The zero-order valence-electron chi connectivity index (χ0n) is 8.49. The minimum Gasteiger partial charge on any atom is -0.478 e. The molecule has 0 aliphatic heterocycles. The standard InChI is InChI=1S/C12H12O2S/c1-2-3-4-9-15-11-7-5-10(6-8-11)12(13)14/h5-8H,4,9H2,1H3,(H,13,14). The van der Waals surface area contributed by atoms with Crippen molar-refractivity contribution in [2.24, 2.45) is 0 Å². The van der Waals surface area contributed by atoms with Crippen molar-refractivity contribution in [1.82, 2.24) is 0 Å². The summed E-state index contributed by atoms with van der Waals surface area (Å²) >= 11 is 1.69. The highest BCUT2D eigenvalue weighted by Crippen LogP contribution is 2.18. The van der Waals surface area contributed by atoms with Crippen LogP contribution in [0.3, 0.4) is 0 Å². The van der Waals surface area contributed by atoms with Gasteiger partial charge in [-0.3, -0.25) is 0 Å². The molecule has 78 valence electrons. The lowest BCUT2D eigenvalue weighted by molar-refractivity contribution is 0.0697. The van der Waals surface area contributed by atoms with Crippen LogP contribution in [-0.2, 0) is 0 Å². The third-order valence-electron chi connectivity index (χ3n) is 1.77. The number of carbonyl (C=O) groups is 1. The fourth-order valence-electron chi connectivity index (χ4n) is 1.04. The van der Waals surface area contributed by atoms with Crippen molar-refractivity contribution in [2.45, 2.75) is 18.2 Å². The molecule has 0 saturated carbocycles. The van der Waals surface area contributed by atoms with Crippen molar-refractivity contribution in [2.75, 3.05) is 5.75 Å². The van der Waals surface area contributed by atoms with Gasteiger partial charge >= 0.3 is 5.97 Å². The first-order valence-electron chi connectivity index (χ1n) is 4.60. The molecule has 1 rings (SSSR count). The van der Waals surface area contributed by atoms with E-state index in [1.165, 1.54) is 0 Å². The lowest BCUT2D eigenvalue weighted by atomic mass is 10.2. The van der Waals surface area contributed by atoms with Gasteiger partial charge in [-0.15, -0.1) is 23.6 Å². The van der Waals surface area contributed by atoms with Gasteiger partial charge < -0.3 is 5.11 Å². The summed E-state index contributed by atoms with van der Waals surface area (Å²) < 4.78 is 0. The Morgan fingerprint density at radius 3 is 2.60 bits per heavy atom. The number of rotatable bonds is 4. The van der Waals surface area contributed by atoms with E-state index in [-0.39, 0.29) is 0 Å². The van der Waals surface area contributed by atoms with Crippen LogP contribution in [-0.4, -0.2) is 16.8 Å². The lowest BCUT2D eigenvalue weighted by Crippen LogP contribution is -1.94. The average molecular weight is 220 g/mol. The third-order valence-corrected chi connectivity index (χ3v) is 2.79. The second-order valence-electron chi connectivity index (χ2n) is 2.85. The van der Waals surface area contributed by atoms with E-state index in [0.717, 1.165) is 17.1 Å². The number of hydrogen-bond donors (Lipinski definition) is 1. The van der Waals surface area contributed by atoms with Crippen LogP contribution in [0.2, 0.25) is 0 Å². The van der Waals surface area contributed by atoms with Crippen molar-refractivity contribution >= 4 is 17.7 Å². The highest BCUT2D eigenvalue weighted by Gasteiger charge is 2.01. The Balaban J connectivity index is 2.48. The molecule has 1 aromatic carbocycles. The molecule has 2 nitrogen and oxygen atoms in total. The molecule has 0 saturated heterocycles. The van der Waals surface area contributed by atoms with Gasteiger partial charge in [-0.05, 0) is 31.2 Å². The van der Waals surface area contributed by atoms with E-state index in [9.17, 15) is 4.79 Å². The Morgan fingerprint density at radius 2 is 2.07 bits per heavy atom. The number of thioether (sulfide) groups is 1. The van der Waals surface area contributed by atoms with Crippen LogP contribution in [0.25, 0.3) is 0 Å². The molecule has 0 bridgehead atoms. The highest BCUT2D eigenvalue weighted by atomic mass is 32.2. The van der Waals surface area contributed by atoms with E-state index in [2.05, 4.69) is 11.8 Å². The molecule has 0 aliphatic rings. The fraction of sp³-hybridized carbons (Fsp3) is 0.250. The highest BCUT2D eigenvalue weighted by molar-refractivity contribution is 7.99. The van der Waals surface area contributed by atoms with Crippen LogP contribution in [0.1, 0.15) is 23.7 Å². The smallest absolute Gasteiger partial charge is 0.335 e. The van der Waals surface area contributed by atoms with Gasteiger partial charge in [0.25, 0.3) is 0 Å². The lowest BCUT2D eigenvalue weighted by Gasteiger charge is -1.99. The molecule has 0 aromatic heterocycles. The normalized spacial score (nSPS) is 9.13. The molecule has 15 heavy (non-hydrogen) atoms. The molecule has 1 aromatic rings. The zero-order valence-corrected chi connectivity index (χ0v) is 9.30. The number of hydrogen-bond acceptors (Lipinski definition) is 2. The van der Waals surface area contributed by atoms with Crippen molar-refractivity contribution in [1.29, 1.82) is 0 Å². The summed E-state index contributed by atoms with van der Waals surface area (Å²) in [6, 6.07) is 6.90. The maximum Gasteiger partial charge on any atom is 0.335 e. The molecule has 0 amide bonds. The van der Waals surface area contributed by atoms with Crippen molar-refractivity contribution in [3.63, 3.8) is 0 Å². The summed E-state index contributed by atoms with van der Waals surface area (Å²) in [5.41, 5.74) is 0.327. The van der Waals surface area contributed by atoms with E-state index < -0.39 is 5.97 Å². The summed E-state index contributed by atoms with van der Waals surface area (Å²) in [6.45, 7) is 1.83. The van der Waals surface area contributed by atoms with E-state index in [4.69, 9.17) is 5.11 Å². The SMILES string of the molecule is CC#CCCSc1ccc(C(=O)O)cc1. The van der Waals surface area contributed by atoms with Crippen LogP contribution in [0, 0.1) is 11.8 Å². The molecule has 3 heteroatoms. The molecule has 0 atom stereocenters. The first-order chi connectivity index (χ1) is 7.24. The Hall–Kier alpha value is -1.40. The Labute approximate surface area is 93.7 Å². The summed E-state index contributed by atoms with van der Waals surface area (Å²) in [6.07, 6.45) is 0.863. The van der Waals surface area contributed by atoms with Gasteiger partial charge in [0.05, 0.1) is 5.56 Å². The summed E-state index contributed by atoms with van der Waals surface area (Å²) in [5.74, 6) is 5.87. The monoisotopic (exact) mass is 220 g/mol. The number of carboxylic acid groups (broad SMARTS) is 1. The quantitative estimate of drug-likeness (QED) is 0.481. The van der Waals surface area contributed by atoms with Gasteiger partial charge in [-0.25, -0.2) is 4.79 Å². The fourth-order valence-corrected chi connectivity index (χ4v) is 1.81. The third kappa shape index (κ3) is 4.09. The molecule has 0 unspecified atom stereocenters. The predicted octanol–water partition coefficient (Wildman–Crippen LogP) is 2.89. The zero-order chi connectivity index (χ0) is 11.1.